The number of pyridine rings is 1. The van der Waals surface area contributed by atoms with Crippen molar-refractivity contribution < 1.29 is 13.9 Å². The molecule has 0 atom stereocenters. The van der Waals surface area contributed by atoms with Crippen molar-refractivity contribution in [3.8, 4) is 28.2 Å². The average molecular weight is 485 g/mol. The number of piperidine rings is 1. The van der Waals surface area contributed by atoms with E-state index in [0.717, 1.165) is 54.1 Å². The minimum absolute atomic E-state index is 0.0517. The summed E-state index contributed by atoms with van der Waals surface area (Å²) in [6.45, 7) is 4.41. The first-order valence-electron chi connectivity index (χ1n) is 12.4. The number of esters is 1. The Morgan fingerprint density at radius 3 is 2.44 bits per heavy atom. The highest BCUT2D eigenvalue weighted by Crippen LogP contribution is 2.31. The quantitative estimate of drug-likeness (QED) is 0.324. The van der Waals surface area contributed by atoms with Crippen LogP contribution in [0.25, 0.3) is 28.2 Å². The summed E-state index contributed by atoms with van der Waals surface area (Å²) >= 11 is 0. The molecule has 0 amide bonds. The molecule has 0 radical (unpaired) electrons. The normalized spacial score (nSPS) is 14.6. The highest BCUT2D eigenvalue weighted by molar-refractivity contribution is 5.72. The minimum Gasteiger partial charge on any atom is -0.466 e. The number of nitrogens with zero attached hydrogens (tertiary/aromatic N) is 4. The molecule has 4 aromatic rings. The highest BCUT2D eigenvalue weighted by Gasteiger charge is 2.27. The van der Waals surface area contributed by atoms with Gasteiger partial charge in [-0.25, -0.2) is 9.07 Å². The van der Waals surface area contributed by atoms with E-state index in [-0.39, 0.29) is 17.7 Å². The van der Waals surface area contributed by atoms with Gasteiger partial charge in [-0.2, -0.15) is 5.10 Å². The molecule has 1 saturated heterocycles. The third-order valence-electron chi connectivity index (χ3n) is 6.64. The number of ether oxygens (including phenoxy) is 1. The van der Waals surface area contributed by atoms with Gasteiger partial charge in [0.25, 0.3) is 0 Å². The molecule has 6 nitrogen and oxygen atoms in total. The summed E-state index contributed by atoms with van der Waals surface area (Å²) in [7, 11) is 0. The fraction of sp³-hybridized carbons (Fsp3) is 0.276. The van der Waals surface area contributed by atoms with Crippen LogP contribution in [0, 0.1) is 11.7 Å². The summed E-state index contributed by atoms with van der Waals surface area (Å²) in [5.41, 5.74) is 4.81. The number of aromatic nitrogens is 3. The molecule has 0 bridgehead atoms. The smallest absolute Gasteiger partial charge is 0.309 e. The molecule has 1 aliphatic heterocycles. The zero-order valence-electron chi connectivity index (χ0n) is 20.3. The van der Waals surface area contributed by atoms with Crippen molar-refractivity contribution in [2.45, 2.75) is 26.3 Å². The Morgan fingerprint density at radius 2 is 1.75 bits per heavy atom. The largest absolute Gasteiger partial charge is 0.466 e. The third-order valence-corrected chi connectivity index (χ3v) is 6.64. The number of carbonyl (C=O) groups excluding carboxylic acids is 1. The van der Waals surface area contributed by atoms with Gasteiger partial charge in [0.15, 0.2) is 0 Å². The number of benzene rings is 2. The predicted octanol–water partition coefficient (Wildman–Crippen LogP) is 5.52. The van der Waals surface area contributed by atoms with Crippen LogP contribution in [0.3, 0.4) is 0 Å². The monoisotopic (exact) mass is 484 g/mol. The summed E-state index contributed by atoms with van der Waals surface area (Å²) in [4.78, 5) is 19.0. The van der Waals surface area contributed by atoms with Crippen LogP contribution in [-0.2, 0) is 16.1 Å². The fourth-order valence-electron chi connectivity index (χ4n) is 4.75. The van der Waals surface area contributed by atoms with Gasteiger partial charge in [0.2, 0.25) is 0 Å². The van der Waals surface area contributed by atoms with Gasteiger partial charge in [-0.1, -0.05) is 42.5 Å². The molecule has 0 unspecified atom stereocenters. The van der Waals surface area contributed by atoms with Crippen LogP contribution in [0.4, 0.5) is 4.39 Å². The van der Waals surface area contributed by atoms with Crippen molar-refractivity contribution in [3.63, 3.8) is 0 Å². The van der Waals surface area contributed by atoms with Gasteiger partial charge in [0.05, 0.1) is 42.0 Å². The first-order valence-corrected chi connectivity index (χ1v) is 12.4. The zero-order chi connectivity index (χ0) is 24.9. The van der Waals surface area contributed by atoms with Crippen LogP contribution in [0.5, 0.6) is 0 Å². The van der Waals surface area contributed by atoms with Gasteiger partial charge in [-0.15, -0.1) is 0 Å². The lowest BCUT2D eigenvalue weighted by molar-refractivity contribution is -0.149. The molecule has 0 N–H and O–H groups in total. The first-order chi connectivity index (χ1) is 17.6. The van der Waals surface area contributed by atoms with Gasteiger partial charge < -0.3 is 4.74 Å². The molecule has 2 aromatic carbocycles. The van der Waals surface area contributed by atoms with Crippen molar-refractivity contribution in [1.29, 1.82) is 0 Å². The molecular formula is C29H29FN4O2. The Balaban J connectivity index is 1.43. The van der Waals surface area contributed by atoms with Crippen molar-refractivity contribution in [3.05, 3.63) is 90.5 Å². The molecule has 1 fully saturated rings. The SMILES string of the molecule is CCOC(=O)C1CCN(Cc2cnn(-c3ccc(-c4ccccc4)nc3)c2-c2ccccc2F)CC1. The van der Waals surface area contributed by atoms with E-state index in [4.69, 9.17) is 4.74 Å². The van der Waals surface area contributed by atoms with Crippen LogP contribution in [0.2, 0.25) is 0 Å². The minimum atomic E-state index is -0.296. The standard InChI is InChI=1S/C29H29FN4O2/c1-2-36-29(35)22-14-16-33(17-15-22)20-23-18-32-34(28(23)25-10-6-7-11-26(25)30)24-12-13-27(31-19-24)21-8-4-3-5-9-21/h3-13,18-19,22H,2,14-17,20H2,1H3. The summed E-state index contributed by atoms with van der Waals surface area (Å²) in [5, 5.41) is 4.65. The maximum Gasteiger partial charge on any atom is 0.309 e. The molecule has 0 saturated carbocycles. The van der Waals surface area contributed by atoms with Gasteiger partial charge >= 0.3 is 5.97 Å². The van der Waals surface area contributed by atoms with E-state index in [9.17, 15) is 9.18 Å². The second kappa shape index (κ2) is 10.8. The number of rotatable bonds is 7. The van der Waals surface area contributed by atoms with Gasteiger partial charge in [-0.05, 0) is 57.1 Å². The number of carbonyl (C=O) groups is 1. The fourth-order valence-corrected chi connectivity index (χ4v) is 4.75. The molecule has 3 heterocycles. The maximum atomic E-state index is 15.0. The number of likely N-dealkylation sites (tertiary alicyclic amines) is 1. The highest BCUT2D eigenvalue weighted by atomic mass is 19.1. The van der Waals surface area contributed by atoms with Gasteiger partial charge in [0.1, 0.15) is 5.82 Å². The van der Waals surface area contributed by atoms with Gasteiger partial charge in [0, 0.05) is 23.2 Å². The second-order valence-corrected chi connectivity index (χ2v) is 8.98. The van der Waals surface area contributed by atoms with E-state index in [1.165, 1.54) is 6.07 Å². The van der Waals surface area contributed by atoms with Crippen LogP contribution >= 0.6 is 0 Å². The Morgan fingerprint density at radius 1 is 1.00 bits per heavy atom. The Labute approximate surface area is 210 Å². The second-order valence-electron chi connectivity index (χ2n) is 8.98. The molecule has 2 aromatic heterocycles. The Kier molecular flexibility index (Phi) is 7.18. The number of halogens is 1. The zero-order valence-corrected chi connectivity index (χ0v) is 20.3. The maximum absolute atomic E-state index is 15.0. The average Bonchev–Trinajstić information content (AvgIpc) is 3.33. The molecule has 0 aliphatic carbocycles. The topological polar surface area (TPSA) is 60.2 Å². The summed E-state index contributed by atoms with van der Waals surface area (Å²) in [6, 6.07) is 20.7. The van der Waals surface area contributed by atoms with Crippen LogP contribution in [0.1, 0.15) is 25.3 Å². The van der Waals surface area contributed by atoms with Crippen LogP contribution in [0.15, 0.2) is 79.1 Å². The van der Waals surface area contributed by atoms with E-state index in [0.29, 0.717) is 18.7 Å². The van der Waals surface area contributed by atoms with Crippen molar-refractivity contribution >= 4 is 5.97 Å². The lowest BCUT2D eigenvalue weighted by atomic mass is 9.96. The van der Waals surface area contributed by atoms with E-state index in [1.807, 2.05) is 61.7 Å². The van der Waals surface area contributed by atoms with E-state index in [1.54, 1.807) is 23.0 Å². The summed E-state index contributed by atoms with van der Waals surface area (Å²) in [6.07, 6.45) is 5.10. The van der Waals surface area contributed by atoms with E-state index < -0.39 is 0 Å². The van der Waals surface area contributed by atoms with Crippen LogP contribution < -0.4 is 0 Å². The first kappa shape index (κ1) is 23.9. The molecular weight excluding hydrogens is 455 g/mol. The van der Waals surface area contributed by atoms with Crippen molar-refractivity contribution in [2.24, 2.45) is 5.92 Å². The third kappa shape index (κ3) is 5.06. The van der Waals surface area contributed by atoms with Crippen LogP contribution in [-0.4, -0.2) is 45.3 Å². The molecule has 7 heteroatoms. The van der Waals surface area contributed by atoms with E-state index in [2.05, 4.69) is 15.0 Å². The Bertz CT molecular complexity index is 1310. The molecule has 5 rings (SSSR count). The molecule has 36 heavy (non-hydrogen) atoms. The Hall–Kier alpha value is -3.84. The summed E-state index contributed by atoms with van der Waals surface area (Å²) < 4.78 is 21.9. The number of hydrogen-bond acceptors (Lipinski definition) is 5. The lowest BCUT2D eigenvalue weighted by Gasteiger charge is -2.30. The van der Waals surface area contributed by atoms with Gasteiger partial charge in [-0.3, -0.25) is 14.7 Å². The predicted molar refractivity (Wildman–Crippen MR) is 137 cm³/mol. The summed E-state index contributed by atoms with van der Waals surface area (Å²) in [5.74, 6) is -0.456. The van der Waals surface area contributed by atoms with E-state index >= 15 is 0 Å². The van der Waals surface area contributed by atoms with Crippen molar-refractivity contribution in [1.82, 2.24) is 19.7 Å². The molecule has 0 spiro atoms. The molecule has 1 aliphatic rings. The molecule has 184 valence electrons. The lowest BCUT2D eigenvalue weighted by Crippen LogP contribution is -2.36. The number of hydrogen-bond donors (Lipinski definition) is 0. The van der Waals surface area contributed by atoms with Crippen molar-refractivity contribution in [2.75, 3.05) is 19.7 Å².